The monoisotopic (exact) mass is 340 g/mol. The fraction of sp³-hybridized carbons (Fsp3) is 0.533. The quantitative estimate of drug-likeness (QED) is 0.898. The van der Waals surface area contributed by atoms with E-state index in [9.17, 15) is 4.79 Å². The van der Waals surface area contributed by atoms with Crippen molar-refractivity contribution < 1.29 is 9.53 Å². The summed E-state index contributed by atoms with van der Waals surface area (Å²) in [6.45, 7) is 6.90. The highest BCUT2D eigenvalue weighted by Crippen LogP contribution is 2.24. The van der Waals surface area contributed by atoms with Crippen molar-refractivity contribution in [3.05, 3.63) is 34.3 Å². The maximum Gasteiger partial charge on any atom is 0.247 e. The second kappa shape index (κ2) is 5.84. The maximum absolute atomic E-state index is 12.7. The Bertz CT molecular complexity index is 477. The van der Waals surface area contributed by atoms with E-state index < -0.39 is 5.54 Å². The third kappa shape index (κ3) is 3.22. The number of hydrogen-bond donors (Lipinski definition) is 1. The molecular formula is C15H21BrN2O2. The van der Waals surface area contributed by atoms with Gasteiger partial charge in [-0.2, -0.15) is 0 Å². The number of carbonyl (C=O) groups is 1. The first-order valence-electron chi connectivity index (χ1n) is 6.80. The minimum atomic E-state index is -1.02. The number of halogens is 1. The van der Waals surface area contributed by atoms with Gasteiger partial charge in [0.1, 0.15) is 5.54 Å². The topological polar surface area (TPSA) is 55.6 Å². The SMILES string of the molecule is CC1CN(C(=O)C(C)(N)c2ccc(Br)cc2)CC(C)O1. The van der Waals surface area contributed by atoms with Crippen molar-refractivity contribution in [2.75, 3.05) is 13.1 Å². The molecule has 1 aliphatic heterocycles. The third-order valence-electron chi connectivity index (χ3n) is 3.59. The summed E-state index contributed by atoms with van der Waals surface area (Å²) >= 11 is 3.39. The first kappa shape index (κ1) is 15.5. The van der Waals surface area contributed by atoms with E-state index in [0.717, 1.165) is 10.0 Å². The zero-order valence-electron chi connectivity index (χ0n) is 12.1. The van der Waals surface area contributed by atoms with Gasteiger partial charge in [0.05, 0.1) is 12.2 Å². The summed E-state index contributed by atoms with van der Waals surface area (Å²) in [5, 5.41) is 0. The Hall–Kier alpha value is -0.910. The van der Waals surface area contributed by atoms with Crippen LogP contribution in [0.3, 0.4) is 0 Å². The molecule has 1 heterocycles. The molecule has 1 saturated heterocycles. The molecule has 0 saturated carbocycles. The summed E-state index contributed by atoms with van der Waals surface area (Å²) in [5.41, 5.74) is 6.11. The fourth-order valence-electron chi connectivity index (χ4n) is 2.59. The lowest BCUT2D eigenvalue weighted by atomic mass is 9.91. The molecule has 1 amide bonds. The van der Waals surface area contributed by atoms with Crippen LogP contribution in [0.5, 0.6) is 0 Å². The predicted molar refractivity (Wildman–Crippen MR) is 82.3 cm³/mol. The summed E-state index contributed by atoms with van der Waals surface area (Å²) < 4.78 is 6.63. The van der Waals surface area contributed by atoms with Gasteiger partial charge in [-0.25, -0.2) is 0 Å². The van der Waals surface area contributed by atoms with Crippen LogP contribution in [0.25, 0.3) is 0 Å². The Morgan fingerprint density at radius 2 is 1.80 bits per heavy atom. The van der Waals surface area contributed by atoms with Gasteiger partial charge in [-0.15, -0.1) is 0 Å². The molecular weight excluding hydrogens is 320 g/mol. The molecule has 1 aromatic carbocycles. The van der Waals surface area contributed by atoms with Crippen LogP contribution >= 0.6 is 15.9 Å². The van der Waals surface area contributed by atoms with E-state index in [4.69, 9.17) is 10.5 Å². The highest BCUT2D eigenvalue weighted by Gasteiger charge is 2.37. The molecule has 0 aromatic heterocycles. The number of nitrogens with two attached hydrogens (primary N) is 1. The molecule has 3 unspecified atom stereocenters. The first-order valence-corrected chi connectivity index (χ1v) is 7.59. The molecule has 0 radical (unpaired) electrons. The molecule has 1 fully saturated rings. The summed E-state index contributed by atoms with van der Waals surface area (Å²) in [7, 11) is 0. The number of morpholine rings is 1. The van der Waals surface area contributed by atoms with Crippen LogP contribution in [0, 0.1) is 0 Å². The number of nitrogens with zero attached hydrogens (tertiary/aromatic N) is 1. The van der Waals surface area contributed by atoms with E-state index in [-0.39, 0.29) is 18.1 Å². The Morgan fingerprint density at radius 3 is 2.30 bits per heavy atom. The van der Waals surface area contributed by atoms with E-state index in [0.29, 0.717) is 13.1 Å². The molecule has 2 rings (SSSR count). The van der Waals surface area contributed by atoms with Gasteiger partial charge in [0.15, 0.2) is 0 Å². The zero-order chi connectivity index (χ0) is 14.9. The van der Waals surface area contributed by atoms with Gasteiger partial charge in [-0.05, 0) is 38.5 Å². The molecule has 20 heavy (non-hydrogen) atoms. The molecule has 0 aliphatic carbocycles. The second-order valence-corrected chi connectivity index (χ2v) is 6.59. The molecule has 1 aromatic rings. The van der Waals surface area contributed by atoms with Gasteiger partial charge in [0.2, 0.25) is 5.91 Å². The number of hydrogen-bond acceptors (Lipinski definition) is 3. The van der Waals surface area contributed by atoms with E-state index >= 15 is 0 Å². The maximum atomic E-state index is 12.7. The van der Waals surface area contributed by atoms with Crippen LogP contribution in [0.15, 0.2) is 28.7 Å². The third-order valence-corrected chi connectivity index (χ3v) is 4.12. The lowest BCUT2D eigenvalue weighted by Crippen LogP contribution is -2.56. The van der Waals surface area contributed by atoms with Crippen molar-refractivity contribution >= 4 is 21.8 Å². The number of amides is 1. The average molecular weight is 341 g/mol. The van der Waals surface area contributed by atoms with Crippen molar-refractivity contribution in [3.63, 3.8) is 0 Å². The molecule has 4 nitrogen and oxygen atoms in total. The van der Waals surface area contributed by atoms with Gasteiger partial charge >= 0.3 is 0 Å². The molecule has 110 valence electrons. The van der Waals surface area contributed by atoms with Crippen molar-refractivity contribution in [2.24, 2.45) is 5.73 Å². The van der Waals surface area contributed by atoms with Crippen molar-refractivity contribution in [1.29, 1.82) is 0 Å². The van der Waals surface area contributed by atoms with Crippen molar-refractivity contribution in [3.8, 4) is 0 Å². The van der Waals surface area contributed by atoms with Crippen LogP contribution in [-0.4, -0.2) is 36.1 Å². The number of rotatable bonds is 2. The normalized spacial score (nSPS) is 26.1. The predicted octanol–water partition coefficient (Wildman–Crippen LogP) is 2.26. The number of ether oxygens (including phenoxy) is 1. The molecule has 0 bridgehead atoms. The van der Waals surface area contributed by atoms with Gasteiger partial charge in [0, 0.05) is 17.6 Å². The van der Waals surface area contributed by atoms with Gasteiger partial charge in [-0.1, -0.05) is 28.1 Å². The van der Waals surface area contributed by atoms with Crippen LogP contribution in [-0.2, 0) is 15.1 Å². The van der Waals surface area contributed by atoms with Gasteiger partial charge in [-0.3, -0.25) is 4.79 Å². The standard InChI is InChI=1S/C15H21BrN2O2/c1-10-8-18(9-11(2)20-10)14(19)15(3,17)12-4-6-13(16)7-5-12/h4-7,10-11H,8-9,17H2,1-3H3. The van der Waals surface area contributed by atoms with E-state index in [1.54, 1.807) is 11.8 Å². The van der Waals surface area contributed by atoms with Crippen molar-refractivity contribution in [2.45, 2.75) is 38.5 Å². The van der Waals surface area contributed by atoms with Crippen molar-refractivity contribution in [1.82, 2.24) is 4.90 Å². The van der Waals surface area contributed by atoms with E-state index in [1.807, 2.05) is 38.1 Å². The number of benzene rings is 1. The van der Waals surface area contributed by atoms with Crippen LogP contribution < -0.4 is 5.73 Å². The molecule has 0 spiro atoms. The fourth-order valence-corrected chi connectivity index (χ4v) is 2.86. The summed E-state index contributed by atoms with van der Waals surface area (Å²) in [4.78, 5) is 14.5. The zero-order valence-corrected chi connectivity index (χ0v) is 13.7. The first-order chi connectivity index (χ1) is 9.30. The lowest BCUT2D eigenvalue weighted by molar-refractivity contribution is -0.148. The molecule has 3 atom stereocenters. The second-order valence-electron chi connectivity index (χ2n) is 5.68. The highest BCUT2D eigenvalue weighted by molar-refractivity contribution is 9.10. The lowest BCUT2D eigenvalue weighted by Gasteiger charge is -2.39. The summed E-state index contributed by atoms with van der Waals surface area (Å²) in [6, 6.07) is 7.57. The average Bonchev–Trinajstić information content (AvgIpc) is 2.37. The highest BCUT2D eigenvalue weighted by atomic mass is 79.9. The Balaban J connectivity index is 2.20. The Labute approximate surface area is 128 Å². The minimum absolute atomic E-state index is 0.0448. The number of carbonyl (C=O) groups excluding carboxylic acids is 1. The Kier molecular flexibility index (Phi) is 4.52. The van der Waals surface area contributed by atoms with Crippen LogP contribution in [0.1, 0.15) is 26.3 Å². The van der Waals surface area contributed by atoms with E-state index in [1.165, 1.54) is 0 Å². The Morgan fingerprint density at radius 1 is 1.30 bits per heavy atom. The molecule has 2 N–H and O–H groups in total. The van der Waals surface area contributed by atoms with Gasteiger partial charge < -0.3 is 15.4 Å². The molecule has 1 aliphatic rings. The largest absolute Gasteiger partial charge is 0.372 e. The van der Waals surface area contributed by atoms with E-state index in [2.05, 4.69) is 15.9 Å². The summed E-state index contributed by atoms with van der Waals surface area (Å²) in [6.07, 6.45) is 0.0897. The van der Waals surface area contributed by atoms with Crippen LogP contribution in [0.4, 0.5) is 0 Å². The summed E-state index contributed by atoms with van der Waals surface area (Å²) in [5.74, 6) is -0.0539. The minimum Gasteiger partial charge on any atom is -0.372 e. The van der Waals surface area contributed by atoms with Crippen LogP contribution in [0.2, 0.25) is 0 Å². The molecule has 5 heteroatoms. The smallest absolute Gasteiger partial charge is 0.247 e. The van der Waals surface area contributed by atoms with Gasteiger partial charge in [0.25, 0.3) is 0 Å².